The minimum atomic E-state index is -0.201. The summed E-state index contributed by atoms with van der Waals surface area (Å²) >= 11 is 12.3. The molecule has 0 aliphatic carbocycles. The van der Waals surface area contributed by atoms with Crippen LogP contribution in [0.5, 0.6) is 11.5 Å². The lowest BCUT2D eigenvalue weighted by Crippen LogP contribution is -2.29. The first-order valence-corrected chi connectivity index (χ1v) is 12.0. The van der Waals surface area contributed by atoms with E-state index in [9.17, 15) is 5.11 Å². The summed E-state index contributed by atoms with van der Waals surface area (Å²) < 4.78 is 7.42. The molecule has 1 aliphatic rings. The molecular weight excluding hydrogens is 480 g/mol. The highest BCUT2D eigenvalue weighted by atomic mass is 35.5. The fourth-order valence-electron chi connectivity index (χ4n) is 4.87. The van der Waals surface area contributed by atoms with E-state index in [2.05, 4.69) is 32.8 Å². The van der Waals surface area contributed by atoms with Gasteiger partial charge < -0.3 is 24.6 Å². The molecule has 178 valence electrons. The molecule has 2 aromatic carbocycles. The van der Waals surface area contributed by atoms with Crippen molar-refractivity contribution in [1.29, 1.82) is 0 Å². The molecule has 0 radical (unpaired) electrons. The highest BCUT2D eigenvalue weighted by Gasteiger charge is 2.42. The number of halogens is 1. The zero-order chi connectivity index (χ0) is 24.7. The molecule has 4 aromatic rings. The molecular formula is C27H25ClN4O2S. The number of pyridine rings is 1. The number of aromatic nitrogens is 2. The molecule has 1 aliphatic heterocycles. The lowest BCUT2D eigenvalue weighted by molar-refractivity contribution is 0.415. The lowest BCUT2D eigenvalue weighted by atomic mass is 9.96. The predicted molar refractivity (Wildman–Crippen MR) is 143 cm³/mol. The molecule has 0 bridgehead atoms. The summed E-state index contributed by atoms with van der Waals surface area (Å²) in [5.41, 5.74) is 5.55. The lowest BCUT2D eigenvalue weighted by Gasteiger charge is -2.28. The number of methoxy groups -OCH3 is 1. The summed E-state index contributed by atoms with van der Waals surface area (Å²) in [7, 11) is 1.59. The standard InChI is InChI=1S/C27H25ClN4O2S/c1-16-14-19(17(2)31(16)22-9-4-5-10-23(22)33)26-25(21-8-6-7-13-29-21)30-27(35)32(26)18-11-12-24(34-3)20(28)15-18/h4-15,25-26,33H,1-3H3,(H,30,35)/t25-,26-/m1/s1. The number of thiocarbonyl (C=S) groups is 1. The van der Waals surface area contributed by atoms with Crippen molar-refractivity contribution < 1.29 is 9.84 Å². The number of benzene rings is 2. The Morgan fingerprint density at radius 2 is 1.83 bits per heavy atom. The highest BCUT2D eigenvalue weighted by Crippen LogP contribution is 2.45. The van der Waals surface area contributed by atoms with E-state index in [4.69, 9.17) is 28.6 Å². The number of ether oxygens (including phenoxy) is 1. The maximum absolute atomic E-state index is 10.6. The first kappa shape index (κ1) is 23.2. The van der Waals surface area contributed by atoms with Gasteiger partial charge in [0.05, 0.1) is 35.6 Å². The van der Waals surface area contributed by atoms with Gasteiger partial charge in [0.15, 0.2) is 5.11 Å². The topological polar surface area (TPSA) is 62.5 Å². The number of nitrogens with one attached hydrogen (secondary N) is 1. The Hall–Kier alpha value is -3.55. The van der Waals surface area contributed by atoms with Crippen LogP contribution < -0.4 is 15.0 Å². The normalized spacial score (nSPS) is 17.5. The van der Waals surface area contributed by atoms with Crippen LogP contribution in [0.2, 0.25) is 5.02 Å². The second-order valence-electron chi connectivity index (χ2n) is 8.47. The van der Waals surface area contributed by atoms with Gasteiger partial charge in [-0.2, -0.15) is 0 Å². The van der Waals surface area contributed by atoms with Crippen LogP contribution in [0.25, 0.3) is 5.69 Å². The minimum absolute atomic E-state index is 0.192. The number of nitrogens with zero attached hydrogens (tertiary/aromatic N) is 3. The molecule has 6 nitrogen and oxygen atoms in total. The first-order chi connectivity index (χ1) is 16.9. The van der Waals surface area contributed by atoms with Crippen LogP contribution in [-0.4, -0.2) is 26.9 Å². The highest BCUT2D eigenvalue weighted by molar-refractivity contribution is 7.80. The van der Waals surface area contributed by atoms with Crippen molar-refractivity contribution in [2.45, 2.75) is 25.9 Å². The number of para-hydroxylation sites is 2. The smallest absolute Gasteiger partial charge is 0.174 e. The molecule has 35 heavy (non-hydrogen) atoms. The quantitative estimate of drug-likeness (QED) is 0.323. The van der Waals surface area contributed by atoms with Crippen molar-refractivity contribution in [3.8, 4) is 17.2 Å². The van der Waals surface area contributed by atoms with E-state index in [1.54, 1.807) is 19.4 Å². The fraction of sp³-hybridized carbons (Fsp3) is 0.185. The molecule has 1 saturated heterocycles. The Labute approximate surface area is 214 Å². The summed E-state index contributed by atoms with van der Waals surface area (Å²) in [5, 5.41) is 15.1. The molecule has 0 spiro atoms. The SMILES string of the molecule is COc1ccc(N2C(=S)N[C@H](c3ccccn3)[C@H]2c2cc(C)n(-c3ccccc3O)c2C)cc1Cl. The average molecular weight is 505 g/mol. The van der Waals surface area contributed by atoms with Crippen molar-refractivity contribution >= 4 is 34.6 Å². The number of aryl methyl sites for hydroxylation is 1. The van der Waals surface area contributed by atoms with Crippen LogP contribution in [0.4, 0.5) is 5.69 Å². The molecule has 0 unspecified atom stereocenters. The third-order valence-corrected chi connectivity index (χ3v) is 7.03. The maximum Gasteiger partial charge on any atom is 0.174 e. The Morgan fingerprint density at radius 3 is 2.51 bits per heavy atom. The van der Waals surface area contributed by atoms with E-state index in [1.165, 1.54) is 0 Å². The van der Waals surface area contributed by atoms with Crippen LogP contribution in [0.1, 0.15) is 34.7 Å². The molecule has 2 aromatic heterocycles. The van der Waals surface area contributed by atoms with Gasteiger partial charge in [-0.05, 0) is 80.2 Å². The largest absolute Gasteiger partial charge is 0.506 e. The molecule has 0 saturated carbocycles. The van der Waals surface area contributed by atoms with E-state index < -0.39 is 0 Å². The molecule has 3 heterocycles. The number of hydrogen-bond donors (Lipinski definition) is 2. The summed E-state index contributed by atoms with van der Waals surface area (Å²) in [5.74, 6) is 0.824. The first-order valence-electron chi connectivity index (χ1n) is 11.2. The van der Waals surface area contributed by atoms with Gasteiger partial charge in [-0.3, -0.25) is 4.98 Å². The fourth-order valence-corrected chi connectivity index (χ4v) is 5.46. The van der Waals surface area contributed by atoms with E-state index in [0.29, 0.717) is 15.9 Å². The van der Waals surface area contributed by atoms with Crippen LogP contribution in [-0.2, 0) is 0 Å². The van der Waals surface area contributed by atoms with Gasteiger partial charge in [0, 0.05) is 23.3 Å². The third-order valence-electron chi connectivity index (χ3n) is 6.42. The van der Waals surface area contributed by atoms with Crippen LogP contribution >= 0.6 is 23.8 Å². The Kier molecular flexibility index (Phi) is 6.13. The molecule has 2 N–H and O–H groups in total. The van der Waals surface area contributed by atoms with Crippen molar-refractivity contribution in [3.05, 3.63) is 101 Å². The molecule has 1 fully saturated rings. The number of anilines is 1. The van der Waals surface area contributed by atoms with Crippen molar-refractivity contribution in [3.63, 3.8) is 0 Å². The molecule has 0 amide bonds. The van der Waals surface area contributed by atoms with Gasteiger partial charge in [-0.25, -0.2) is 0 Å². The zero-order valence-corrected chi connectivity index (χ0v) is 21.1. The van der Waals surface area contributed by atoms with Crippen molar-refractivity contribution in [1.82, 2.24) is 14.9 Å². The molecule has 2 atom stereocenters. The van der Waals surface area contributed by atoms with E-state index in [0.717, 1.165) is 34.0 Å². The van der Waals surface area contributed by atoms with Crippen LogP contribution in [0.3, 0.4) is 0 Å². The maximum atomic E-state index is 10.6. The average Bonchev–Trinajstić information content (AvgIpc) is 3.35. The summed E-state index contributed by atoms with van der Waals surface area (Å²) in [6.45, 7) is 4.10. The summed E-state index contributed by atoms with van der Waals surface area (Å²) in [4.78, 5) is 6.71. The second-order valence-corrected chi connectivity index (χ2v) is 9.26. The van der Waals surface area contributed by atoms with Gasteiger partial charge in [-0.1, -0.05) is 29.8 Å². The molecule has 5 rings (SSSR count). The number of hydrogen-bond acceptors (Lipinski definition) is 4. The van der Waals surface area contributed by atoms with Gasteiger partial charge in [-0.15, -0.1) is 0 Å². The zero-order valence-electron chi connectivity index (χ0n) is 19.6. The number of phenolic OH excluding ortho intramolecular Hbond substituents is 1. The van der Waals surface area contributed by atoms with Gasteiger partial charge in [0.25, 0.3) is 0 Å². The predicted octanol–water partition coefficient (Wildman–Crippen LogP) is 6.03. The van der Waals surface area contributed by atoms with Crippen molar-refractivity contribution in [2.24, 2.45) is 0 Å². The van der Waals surface area contributed by atoms with E-state index in [1.807, 2.05) is 61.5 Å². The van der Waals surface area contributed by atoms with Crippen molar-refractivity contribution in [2.75, 3.05) is 12.0 Å². The van der Waals surface area contributed by atoms with E-state index in [-0.39, 0.29) is 17.8 Å². The van der Waals surface area contributed by atoms with Gasteiger partial charge >= 0.3 is 0 Å². The third kappa shape index (κ3) is 4.00. The number of aromatic hydroxyl groups is 1. The second kappa shape index (κ2) is 9.24. The number of rotatable bonds is 5. The van der Waals surface area contributed by atoms with Crippen LogP contribution in [0, 0.1) is 13.8 Å². The summed E-state index contributed by atoms with van der Waals surface area (Å²) in [6.07, 6.45) is 1.79. The minimum Gasteiger partial charge on any atom is -0.506 e. The van der Waals surface area contributed by atoms with Gasteiger partial charge in [0.1, 0.15) is 11.5 Å². The Morgan fingerprint density at radius 1 is 1.06 bits per heavy atom. The monoisotopic (exact) mass is 504 g/mol. The van der Waals surface area contributed by atoms with E-state index >= 15 is 0 Å². The molecule has 8 heteroatoms. The van der Waals surface area contributed by atoms with Gasteiger partial charge in [0.2, 0.25) is 0 Å². The van der Waals surface area contributed by atoms with Crippen LogP contribution in [0.15, 0.2) is 72.9 Å². The Bertz CT molecular complexity index is 1410. The summed E-state index contributed by atoms with van der Waals surface area (Å²) in [6, 6.07) is 20.6. The Balaban J connectivity index is 1.69. The number of phenols is 1.